The number of anilines is 1. The summed E-state index contributed by atoms with van der Waals surface area (Å²) < 4.78 is 0. The third-order valence-corrected chi connectivity index (χ3v) is 2.58. The van der Waals surface area contributed by atoms with Gasteiger partial charge in [-0.2, -0.15) is 0 Å². The zero-order valence-electron chi connectivity index (χ0n) is 11.6. The number of carbonyl (C=O) groups excluding carboxylic acids is 2. The van der Waals surface area contributed by atoms with E-state index in [1.165, 1.54) is 13.0 Å². The van der Waals surface area contributed by atoms with E-state index in [0.717, 1.165) is 12.1 Å². The van der Waals surface area contributed by atoms with Crippen LogP contribution in [-0.4, -0.2) is 40.7 Å². The van der Waals surface area contributed by atoms with Crippen molar-refractivity contribution in [2.24, 2.45) is 0 Å². The first kappa shape index (κ1) is 16.3. The van der Waals surface area contributed by atoms with Crippen molar-refractivity contribution < 1.29 is 24.6 Å². The van der Waals surface area contributed by atoms with Crippen molar-refractivity contribution in [2.75, 3.05) is 11.9 Å². The van der Waals surface area contributed by atoms with Crippen LogP contribution in [0.5, 0.6) is 5.75 Å². The predicted molar refractivity (Wildman–Crippen MR) is 75.4 cm³/mol. The van der Waals surface area contributed by atoms with E-state index < -0.39 is 23.8 Å². The topological polar surface area (TPSA) is 128 Å². The molecule has 0 heterocycles. The smallest absolute Gasteiger partial charge is 0.339 e. The lowest BCUT2D eigenvalue weighted by atomic mass is 10.2. The molecule has 8 nitrogen and oxygen atoms in total. The first-order valence-corrected chi connectivity index (χ1v) is 6.26. The molecule has 0 spiro atoms. The Morgan fingerprint density at radius 3 is 2.52 bits per heavy atom. The molecular weight excluding hydrogens is 278 g/mol. The lowest BCUT2D eigenvalue weighted by Crippen LogP contribution is -2.46. The van der Waals surface area contributed by atoms with E-state index in [-0.39, 0.29) is 17.2 Å². The fourth-order valence-electron chi connectivity index (χ4n) is 1.54. The highest BCUT2D eigenvalue weighted by atomic mass is 16.4. The minimum Gasteiger partial charge on any atom is -0.507 e. The summed E-state index contributed by atoms with van der Waals surface area (Å²) in [6, 6.07) is 2.23. The molecule has 1 atom stereocenters. The fraction of sp³-hybridized carbons (Fsp3) is 0.308. The highest BCUT2D eigenvalue weighted by Crippen LogP contribution is 2.21. The van der Waals surface area contributed by atoms with Crippen LogP contribution in [0.25, 0.3) is 0 Å². The van der Waals surface area contributed by atoms with E-state index in [4.69, 9.17) is 5.11 Å². The SMILES string of the molecule is CCNC(=O)C(C)NC(=O)Nc1ccc(O)c(C(=O)O)c1. The first-order valence-electron chi connectivity index (χ1n) is 6.26. The Bertz CT molecular complexity index is 559. The number of amides is 3. The highest BCUT2D eigenvalue weighted by molar-refractivity contribution is 5.96. The Labute approximate surface area is 121 Å². The van der Waals surface area contributed by atoms with E-state index >= 15 is 0 Å². The summed E-state index contributed by atoms with van der Waals surface area (Å²) in [6.45, 7) is 3.73. The van der Waals surface area contributed by atoms with Crippen LogP contribution in [-0.2, 0) is 4.79 Å². The number of benzene rings is 1. The fourth-order valence-corrected chi connectivity index (χ4v) is 1.54. The third kappa shape index (κ3) is 4.68. The summed E-state index contributed by atoms with van der Waals surface area (Å²) in [5.74, 6) is -2.04. The van der Waals surface area contributed by atoms with Crippen molar-refractivity contribution in [1.82, 2.24) is 10.6 Å². The molecule has 0 bridgehead atoms. The van der Waals surface area contributed by atoms with Crippen LogP contribution < -0.4 is 16.0 Å². The average molecular weight is 295 g/mol. The number of carboxylic acids is 1. The number of rotatable bonds is 5. The zero-order valence-corrected chi connectivity index (χ0v) is 11.6. The molecule has 0 aliphatic carbocycles. The zero-order chi connectivity index (χ0) is 16.0. The summed E-state index contributed by atoms with van der Waals surface area (Å²) in [5, 5.41) is 25.6. The van der Waals surface area contributed by atoms with E-state index in [1.807, 2.05) is 0 Å². The largest absolute Gasteiger partial charge is 0.507 e. The molecule has 8 heteroatoms. The van der Waals surface area contributed by atoms with Gasteiger partial charge < -0.3 is 26.2 Å². The summed E-state index contributed by atoms with van der Waals surface area (Å²) in [7, 11) is 0. The van der Waals surface area contributed by atoms with Crippen LogP contribution in [0.2, 0.25) is 0 Å². The van der Waals surface area contributed by atoms with Crippen molar-refractivity contribution in [3.63, 3.8) is 0 Å². The number of aromatic carboxylic acids is 1. The summed E-state index contributed by atoms with van der Waals surface area (Å²) >= 11 is 0. The molecule has 0 fully saturated rings. The van der Waals surface area contributed by atoms with Crippen molar-refractivity contribution >= 4 is 23.6 Å². The highest BCUT2D eigenvalue weighted by Gasteiger charge is 2.15. The summed E-state index contributed by atoms with van der Waals surface area (Å²) in [6.07, 6.45) is 0. The minimum atomic E-state index is -1.31. The molecular formula is C13H17N3O5. The van der Waals surface area contributed by atoms with Crippen molar-refractivity contribution in [3.8, 4) is 5.75 Å². The number of nitrogens with one attached hydrogen (secondary N) is 3. The molecule has 1 aromatic carbocycles. The van der Waals surface area contributed by atoms with Gasteiger partial charge in [-0.1, -0.05) is 0 Å². The second-order valence-corrected chi connectivity index (χ2v) is 4.25. The summed E-state index contributed by atoms with van der Waals surface area (Å²) in [4.78, 5) is 34.0. The molecule has 1 unspecified atom stereocenters. The van der Waals surface area contributed by atoms with Crippen molar-refractivity contribution in [3.05, 3.63) is 23.8 Å². The molecule has 0 saturated carbocycles. The second-order valence-electron chi connectivity index (χ2n) is 4.25. The van der Waals surface area contributed by atoms with Gasteiger partial charge in [0.05, 0.1) is 0 Å². The standard InChI is InChI=1S/C13H17N3O5/c1-3-14-11(18)7(2)15-13(21)16-8-4-5-10(17)9(6-8)12(19)20/h4-7,17H,3H2,1-2H3,(H,14,18)(H,19,20)(H2,15,16,21). The van der Waals surface area contributed by atoms with Crippen molar-refractivity contribution in [1.29, 1.82) is 0 Å². The Balaban J connectivity index is 2.69. The maximum Gasteiger partial charge on any atom is 0.339 e. The molecule has 3 amide bonds. The molecule has 5 N–H and O–H groups in total. The molecule has 21 heavy (non-hydrogen) atoms. The van der Waals surface area contributed by atoms with E-state index in [0.29, 0.717) is 6.54 Å². The Kier molecular flexibility index (Phi) is 5.53. The van der Waals surface area contributed by atoms with Gasteiger partial charge in [-0.25, -0.2) is 9.59 Å². The van der Waals surface area contributed by atoms with Crippen LogP contribution in [0.1, 0.15) is 24.2 Å². The molecule has 0 radical (unpaired) electrons. The van der Waals surface area contributed by atoms with Crippen LogP contribution in [0, 0.1) is 0 Å². The monoisotopic (exact) mass is 295 g/mol. The van der Waals surface area contributed by atoms with Gasteiger partial charge in [0, 0.05) is 12.2 Å². The maximum atomic E-state index is 11.7. The van der Waals surface area contributed by atoms with Gasteiger partial charge in [0.25, 0.3) is 0 Å². The Morgan fingerprint density at radius 2 is 1.95 bits per heavy atom. The number of urea groups is 1. The van der Waals surface area contributed by atoms with Crippen molar-refractivity contribution in [2.45, 2.75) is 19.9 Å². The Hall–Kier alpha value is -2.77. The quantitative estimate of drug-likeness (QED) is 0.512. The van der Waals surface area contributed by atoms with E-state index in [1.54, 1.807) is 6.92 Å². The number of carboxylic acid groups (broad SMARTS) is 1. The number of aromatic hydroxyl groups is 1. The molecule has 0 saturated heterocycles. The number of phenols is 1. The molecule has 1 aromatic rings. The van der Waals surface area contributed by atoms with E-state index in [9.17, 15) is 19.5 Å². The molecule has 1 rings (SSSR count). The van der Waals surface area contributed by atoms with Crippen LogP contribution in [0.4, 0.5) is 10.5 Å². The predicted octanol–water partition coefficient (Wildman–Crippen LogP) is 0.736. The van der Waals surface area contributed by atoms with Crippen LogP contribution >= 0.6 is 0 Å². The summed E-state index contributed by atoms with van der Waals surface area (Å²) in [5.41, 5.74) is -0.143. The number of hydrogen-bond donors (Lipinski definition) is 5. The molecule has 114 valence electrons. The average Bonchev–Trinajstić information content (AvgIpc) is 2.40. The second kappa shape index (κ2) is 7.13. The van der Waals surface area contributed by atoms with Crippen LogP contribution in [0.15, 0.2) is 18.2 Å². The van der Waals surface area contributed by atoms with Gasteiger partial charge in [0.15, 0.2) is 0 Å². The van der Waals surface area contributed by atoms with Gasteiger partial charge in [-0.3, -0.25) is 4.79 Å². The normalized spacial score (nSPS) is 11.3. The number of carbonyl (C=O) groups is 3. The maximum absolute atomic E-state index is 11.7. The van der Waals surface area contributed by atoms with Gasteiger partial charge in [0.2, 0.25) is 5.91 Å². The third-order valence-electron chi connectivity index (χ3n) is 2.58. The van der Waals surface area contributed by atoms with Gasteiger partial charge in [0.1, 0.15) is 17.4 Å². The molecule has 0 aromatic heterocycles. The molecule has 0 aliphatic rings. The van der Waals surface area contributed by atoms with E-state index in [2.05, 4.69) is 16.0 Å². The number of likely N-dealkylation sites (N-methyl/N-ethyl adjacent to an activating group) is 1. The van der Waals surface area contributed by atoms with Crippen LogP contribution in [0.3, 0.4) is 0 Å². The lowest BCUT2D eigenvalue weighted by molar-refractivity contribution is -0.122. The number of hydrogen-bond acceptors (Lipinski definition) is 4. The van der Waals surface area contributed by atoms with Gasteiger partial charge in [-0.15, -0.1) is 0 Å². The van der Waals surface area contributed by atoms with Gasteiger partial charge >= 0.3 is 12.0 Å². The van der Waals surface area contributed by atoms with Gasteiger partial charge in [-0.05, 0) is 32.0 Å². The first-order chi connectivity index (χ1) is 9.85. The minimum absolute atomic E-state index is 0.186. The molecule has 0 aliphatic heterocycles. The lowest BCUT2D eigenvalue weighted by Gasteiger charge is -2.14. The Morgan fingerprint density at radius 1 is 1.29 bits per heavy atom.